The van der Waals surface area contributed by atoms with Crippen LogP contribution in [0.2, 0.25) is 0 Å². The number of phenols is 2. The fraction of sp³-hybridized carbons (Fsp3) is 0.459. The number of phenolic OH excluding ortho intramolecular Hbond substituents is 2. The van der Waals surface area contributed by atoms with E-state index in [0.29, 0.717) is 34.0 Å². The van der Waals surface area contributed by atoms with Crippen LogP contribution in [0.15, 0.2) is 48.6 Å². The molecule has 4 aliphatic rings. The SMILES string of the molecule is COc1cc([C@@H]2Oc3cc(OCCO)c4c5c3[C@H](CSS[C@@H]3C=CC[C@@H](CC[C@@H](c6cc(O)ccc6-4)[C@H]5CO)C3)[C@H]2O)cc(OC)c1O. The van der Waals surface area contributed by atoms with Gasteiger partial charge in [-0.1, -0.05) is 39.8 Å². The van der Waals surface area contributed by atoms with Gasteiger partial charge in [-0.25, -0.2) is 0 Å². The monoisotopic (exact) mass is 694 g/mol. The highest BCUT2D eigenvalue weighted by Crippen LogP contribution is 2.60. The lowest BCUT2D eigenvalue weighted by Crippen LogP contribution is -2.37. The molecule has 3 aromatic rings. The molecule has 7 rings (SSSR count). The molecule has 0 aromatic heterocycles. The summed E-state index contributed by atoms with van der Waals surface area (Å²) in [6, 6.07) is 10.6. The van der Waals surface area contributed by atoms with Crippen molar-refractivity contribution < 1.29 is 44.5 Å². The number of allylic oxidation sites excluding steroid dienone is 1. The van der Waals surface area contributed by atoms with Crippen LogP contribution in [0.1, 0.15) is 71.8 Å². The lowest BCUT2D eigenvalue weighted by atomic mass is 9.65. The third kappa shape index (κ3) is 5.87. The number of ether oxygens (including phenoxy) is 4. The average Bonchev–Trinajstić information content (AvgIpc) is 3.10. The number of hydrogen-bond donors (Lipinski definition) is 5. The van der Waals surface area contributed by atoms with Gasteiger partial charge < -0.3 is 44.5 Å². The number of benzene rings is 3. The molecule has 0 fully saturated rings. The smallest absolute Gasteiger partial charge is 0.200 e. The zero-order valence-electron chi connectivity index (χ0n) is 27.0. The fourth-order valence-corrected chi connectivity index (χ4v) is 11.0. The summed E-state index contributed by atoms with van der Waals surface area (Å²) in [5.74, 6) is 1.70. The van der Waals surface area contributed by atoms with E-state index in [1.165, 1.54) is 14.2 Å². The summed E-state index contributed by atoms with van der Waals surface area (Å²) in [7, 11) is 6.49. The van der Waals surface area contributed by atoms with Crippen molar-refractivity contribution >= 4 is 21.6 Å². The van der Waals surface area contributed by atoms with Gasteiger partial charge in [0, 0.05) is 45.6 Å². The second-order valence-electron chi connectivity index (χ2n) is 13.0. The van der Waals surface area contributed by atoms with Crippen LogP contribution in [-0.2, 0) is 0 Å². The van der Waals surface area contributed by atoms with E-state index in [2.05, 4.69) is 12.2 Å². The maximum absolute atomic E-state index is 12.3. The Morgan fingerprint density at radius 2 is 1.73 bits per heavy atom. The van der Waals surface area contributed by atoms with Crippen molar-refractivity contribution in [2.75, 3.05) is 39.8 Å². The summed E-state index contributed by atoms with van der Waals surface area (Å²) < 4.78 is 23.9. The molecule has 3 aromatic carbocycles. The first-order valence-electron chi connectivity index (χ1n) is 16.5. The Morgan fingerprint density at radius 3 is 2.46 bits per heavy atom. The zero-order valence-corrected chi connectivity index (χ0v) is 28.6. The molecule has 9 nitrogen and oxygen atoms in total. The molecule has 4 bridgehead atoms. The standard InChI is InChI=1S/C37H42O9S2/c1-43-30-13-20(14-31(44-2)36(30)42)37-35(41)27-18-47-48-22-5-3-4-19(12-22)6-8-23-25-15-21(40)7-9-24(25)32-28(45-11-10-38)16-29(46-37)33(27)34(32)26(23)17-39/h3,5,7,9,13-16,19,22-23,26-27,35,37-42H,4,6,8,10-12,17-18H2,1-2H3/t19-,22+,23-,26+,27-,35+,37-/m0/s1. The third-order valence-electron chi connectivity index (χ3n) is 10.3. The van der Waals surface area contributed by atoms with Crippen LogP contribution in [0.25, 0.3) is 11.1 Å². The quantitative estimate of drug-likeness (QED) is 0.139. The molecule has 0 amide bonds. The molecule has 11 heteroatoms. The average molecular weight is 695 g/mol. The zero-order chi connectivity index (χ0) is 33.5. The molecule has 0 saturated heterocycles. The van der Waals surface area contributed by atoms with E-state index >= 15 is 0 Å². The van der Waals surface area contributed by atoms with Gasteiger partial charge in [0.15, 0.2) is 17.6 Å². The van der Waals surface area contributed by atoms with Crippen LogP contribution in [0.4, 0.5) is 0 Å². The minimum atomic E-state index is -1.00. The van der Waals surface area contributed by atoms with Crippen molar-refractivity contribution in [2.45, 2.75) is 60.9 Å². The number of rotatable bonds is 7. The van der Waals surface area contributed by atoms with Crippen LogP contribution in [0.5, 0.6) is 34.5 Å². The van der Waals surface area contributed by atoms with Crippen LogP contribution >= 0.6 is 21.6 Å². The molecule has 256 valence electrons. The first kappa shape index (κ1) is 33.3. The summed E-state index contributed by atoms with van der Waals surface area (Å²) in [6.45, 7) is -0.282. The summed E-state index contributed by atoms with van der Waals surface area (Å²) in [4.78, 5) is 0. The minimum absolute atomic E-state index is 0.0519. The van der Waals surface area contributed by atoms with E-state index in [4.69, 9.17) is 18.9 Å². The lowest BCUT2D eigenvalue weighted by molar-refractivity contribution is 0.00384. The van der Waals surface area contributed by atoms with E-state index in [-0.39, 0.29) is 54.7 Å². The van der Waals surface area contributed by atoms with Gasteiger partial charge in [0.2, 0.25) is 5.75 Å². The topological polar surface area (TPSA) is 138 Å². The first-order chi connectivity index (χ1) is 23.4. The van der Waals surface area contributed by atoms with Crippen molar-refractivity contribution in [3.8, 4) is 45.6 Å². The highest BCUT2D eigenvalue weighted by atomic mass is 33.1. The maximum atomic E-state index is 12.3. The number of fused-ring (bicyclic) bond motifs is 6. The van der Waals surface area contributed by atoms with Gasteiger partial charge in [-0.15, -0.1) is 0 Å². The van der Waals surface area contributed by atoms with Gasteiger partial charge in [-0.3, -0.25) is 0 Å². The van der Waals surface area contributed by atoms with E-state index in [1.54, 1.807) is 29.0 Å². The van der Waals surface area contributed by atoms with E-state index in [9.17, 15) is 25.5 Å². The van der Waals surface area contributed by atoms with Crippen molar-refractivity contribution in [1.82, 2.24) is 0 Å². The summed E-state index contributed by atoms with van der Waals surface area (Å²) in [5, 5.41) is 55.1. The molecule has 5 N–H and O–H groups in total. The highest BCUT2D eigenvalue weighted by molar-refractivity contribution is 8.77. The Kier molecular flexibility index (Phi) is 9.68. The van der Waals surface area contributed by atoms with Crippen LogP contribution in [0, 0.1) is 5.92 Å². The number of aliphatic hydroxyl groups is 3. The molecule has 2 heterocycles. The van der Waals surface area contributed by atoms with Crippen LogP contribution < -0.4 is 18.9 Å². The molecule has 2 aliphatic heterocycles. The van der Waals surface area contributed by atoms with Crippen molar-refractivity contribution in [2.24, 2.45) is 5.92 Å². The molecule has 48 heavy (non-hydrogen) atoms. The number of aliphatic hydroxyl groups excluding tert-OH is 3. The maximum Gasteiger partial charge on any atom is 0.200 e. The molecule has 0 unspecified atom stereocenters. The number of aromatic hydroxyl groups is 2. The Hall–Kier alpha value is -3.22. The minimum Gasteiger partial charge on any atom is -0.508 e. The third-order valence-corrected chi connectivity index (χ3v) is 13.1. The van der Waals surface area contributed by atoms with Crippen molar-refractivity contribution in [3.63, 3.8) is 0 Å². The summed E-state index contributed by atoms with van der Waals surface area (Å²) in [6.07, 6.45) is 6.63. The predicted octanol–water partition coefficient (Wildman–Crippen LogP) is 6.41. The Bertz CT molecular complexity index is 1670. The molecule has 0 saturated carbocycles. The predicted molar refractivity (Wildman–Crippen MR) is 187 cm³/mol. The second-order valence-corrected chi connectivity index (χ2v) is 15.6. The van der Waals surface area contributed by atoms with Crippen LogP contribution in [-0.4, -0.2) is 76.7 Å². The van der Waals surface area contributed by atoms with Crippen molar-refractivity contribution in [3.05, 3.63) is 70.8 Å². The van der Waals surface area contributed by atoms with Gasteiger partial charge in [0.1, 0.15) is 30.0 Å². The van der Waals surface area contributed by atoms with E-state index in [0.717, 1.165) is 53.5 Å². The molecule has 2 aliphatic carbocycles. The highest BCUT2D eigenvalue weighted by Gasteiger charge is 2.46. The molecule has 7 atom stereocenters. The Balaban J connectivity index is 1.47. The number of hydrogen-bond acceptors (Lipinski definition) is 11. The van der Waals surface area contributed by atoms with E-state index in [1.807, 2.05) is 29.0 Å². The summed E-state index contributed by atoms with van der Waals surface area (Å²) >= 11 is 0. The molecule has 0 spiro atoms. The second kappa shape index (κ2) is 14.0. The lowest BCUT2D eigenvalue weighted by Gasteiger charge is -2.43. The van der Waals surface area contributed by atoms with Gasteiger partial charge in [0.05, 0.1) is 27.4 Å². The molecule has 0 radical (unpaired) electrons. The Labute approximate surface area is 288 Å². The largest absolute Gasteiger partial charge is 0.508 e. The fourth-order valence-electron chi connectivity index (χ4n) is 8.12. The van der Waals surface area contributed by atoms with Gasteiger partial charge >= 0.3 is 0 Å². The van der Waals surface area contributed by atoms with Crippen LogP contribution in [0.3, 0.4) is 0 Å². The van der Waals surface area contributed by atoms with E-state index < -0.39 is 18.1 Å². The van der Waals surface area contributed by atoms with Gasteiger partial charge in [0.25, 0.3) is 0 Å². The Morgan fingerprint density at radius 1 is 0.938 bits per heavy atom. The normalized spacial score (nSPS) is 27.4. The first-order valence-corrected chi connectivity index (χ1v) is 18.9. The van der Waals surface area contributed by atoms with Gasteiger partial charge in [-0.05, 0) is 78.5 Å². The summed E-state index contributed by atoms with van der Waals surface area (Å²) in [5.41, 5.74) is 4.98. The molecular formula is C37H42O9S2. The van der Waals surface area contributed by atoms with Crippen molar-refractivity contribution in [1.29, 1.82) is 0 Å². The molecular weight excluding hydrogens is 653 g/mol. The van der Waals surface area contributed by atoms with Gasteiger partial charge in [-0.2, -0.15) is 0 Å². The number of methoxy groups -OCH3 is 2.